The Morgan fingerprint density at radius 1 is 0.935 bits per heavy atom. The van der Waals surface area contributed by atoms with E-state index in [1.807, 2.05) is 19.1 Å². The molecule has 0 aliphatic heterocycles. The molecule has 4 aliphatic rings. The Bertz CT molecular complexity index is 893. The van der Waals surface area contributed by atoms with E-state index in [1.54, 1.807) is 0 Å². The number of hydrogen-bond acceptors (Lipinski definition) is 2. The lowest BCUT2D eigenvalue weighted by Crippen LogP contribution is -2.54. The molecule has 0 unspecified atom stereocenters. The molecule has 2 nitrogen and oxygen atoms in total. The summed E-state index contributed by atoms with van der Waals surface area (Å²) in [6, 6.07) is 8.14. The third kappa shape index (κ3) is 3.47. The molecule has 0 bridgehead atoms. The fraction of sp³-hybridized carbons (Fsp3) is 0.714. The Labute approximate surface area is 201 Å². The van der Waals surface area contributed by atoms with E-state index in [2.05, 4.69) is 48.6 Å². The van der Waals surface area contributed by atoms with Crippen LogP contribution in [0.3, 0.4) is 0 Å². The summed E-state index contributed by atoms with van der Waals surface area (Å²) in [7, 11) is 0. The maximum absolute atomic E-state index is 13.3. The van der Waals surface area contributed by atoms with Gasteiger partial charge in [-0.05, 0) is 134 Å². The Morgan fingerprint density at radius 3 is 2.42 bits per heavy atom. The van der Waals surface area contributed by atoms with Gasteiger partial charge in [-0.2, -0.15) is 0 Å². The van der Waals surface area contributed by atoms with Crippen LogP contribution in [0, 0.1) is 49.9 Å². The molecule has 0 radical (unpaired) electrons. The number of rotatable bonds is 3. The number of halogens is 1. The third-order valence-electron chi connectivity index (χ3n) is 10.6. The first kappa shape index (κ1) is 22.1. The van der Waals surface area contributed by atoms with E-state index in [1.165, 1.54) is 38.5 Å². The van der Waals surface area contributed by atoms with Gasteiger partial charge in [0.15, 0.2) is 5.78 Å². The quantitative estimate of drug-likeness (QED) is 0.302. The predicted molar refractivity (Wildman–Crippen MR) is 133 cm³/mol. The van der Waals surface area contributed by atoms with Crippen molar-refractivity contribution in [3.8, 4) is 0 Å². The highest BCUT2D eigenvalue weighted by molar-refractivity contribution is 14.1. The molecule has 168 valence electrons. The molecule has 0 saturated heterocycles. The van der Waals surface area contributed by atoms with Crippen molar-refractivity contribution in [3.05, 3.63) is 33.4 Å². The Kier molecular flexibility index (Phi) is 5.67. The minimum Gasteiger partial charge on any atom is -0.300 e. The third-order valence-corrected chi connectivity index (χ3v) is 11.3. The first-order valence-corrected chi connectivity index (χ1v) is 13.6. The maximum Gasteiger partial charge on any atom is 0.165 e. The number of Topliss-reactive ketones (excluding diaryl/α,β-unsaturated/α-hetero) is 2. The molecule has 0 aromatic heterocycles. The van der Waals surface area contributed by atoms with Gasteiger partial charge in [-0.1, -0.05) is 26.0 Å². The standard InChI is InChI=1S/C28H37IO2/c1-17(30)23-9-10-24-22-8-7-20-15-19(26(31)18-5-4-6-21(29)16-18)11-13-27(20,2)25(22)12-14-28(23,24)3/h4-6,16,19-20,22-25H,7-15H2,1-3H3/t19-,20+,22+,23-,24+,25+,27+,28-/m1/s1. The molecule has 4 aliphatic carbocycles. The molecule has 0 amide bonds. The van der Waals surface area contributed by atoms with Crippen molar-refractivity contribution in [2.75, 3.05) is 0 Å². The van der Waals surface area contributed by atoms with Crippen LogP contribution in [0.1, 0.15) is 88.9 Å². The van der Waals surface area contributed by atoms with E-state index < -0.39 is 0 Å². The normalized spacial score (nSPS) is 44.1. The topological polar surface area (TPSA) is 34.1 Å². The summed E-state index contributed by atoms with van der Waals surface area (Å²) in [5.74, 6) is 4.33. The molecule has 1 aromatic rings. The molecule has 3 heteroatoms. The minimum absolute atomic E-state index is 0.204. The number of hydrogen-bond donors (Lipinski definition) is 0. The summed E-state index contributed by atoms with van der Waals surface area (Å²) in [6.45, 7) is 6.84. The second-order valence-electron chi connectivity index (χ2n) is 11.8. The molecule has 0 N–H and O–H groups in total. The van der Waals surface area contributed by atoms with Crippen molar-refractivity contribution in [1.29, 1.82) is 0 Å². The lowest BCUT2D eigenvalue weighted by atomic mass is 9.44. The zero-order valence-electron chi connectivity index (χ0n) is 19.3. The molecule has 4 saturated carbocycles. The second-order valence-corrected chi connectivity index (χ2v) is 13.0. The number of carbonyl (C=O) groups excluding carboxylic acids is 2. The van der Waals surface area contributed by atoms with Gasteiger partial charge in [-0.25, -0.2) is 0 Å². The fourth-order valence-corrected chi connectivity index (χ4v) is 9.58. The van der Waals surface area contributed by atoms with Gasteiger partial charge < -0.3 is 0 Å². The summed E-state index contributed by atoms with van der Waals surface area (Å²) in [5, 5.41) is 0. The maximum atomic E-state index is 13.3. The zero-order chi connectivity index (χ0) is 22.0. The Balaban J connectivity index is 1.34. The van der Waals surface area contributed by atoms with Crippen molar-refractivity contribution in [2.24, 2.45) is 46.3 Å². The van der Waals surface area contributed by atoms with Gasteiger partial charge in [-0.15, -0.1) is 0 Å². The molecular weight excluding hydrogens is 495 g/mol. The molecule has 5 rings (SSSR count). The molecule has 8 atom stereocenters. The molecule has 0 spiro atoms. The van der Waals surface area contributed by atoms with Crippen molar-refractivity contribution in [2.45, 2.75) is 78.6 Å². The van der Waals surface area contributed by atoms with Crippen LogP contribution in [0.2, 0.25) is 0 Å². The smallest absolute Gasteiger partial charge is 0.165 e. The zero-order valence-corrected chi connectivity index (χ0v) is 21.5. The van der Waals surface area contributed by atoms with E-state index in [9.17, 15) is 9.59 Å². The van der Waals surface area contributed by atoms with Crippen LogP contribution < -0.4 is 0 Å². The summed E-state index contributed by atoms with van der Waals surface area (Å²) in [4.78, 5) is 25.6. The first-order valence-electron chi connectivity index (χ1n) is 12.5. The van der Waals surface area contributed by atoms with E-state index in [0.29, 0.717) is 28.8 Å². The van der Waals surface area contributed by atoms with Gasteiger partial charge in [0.05, 0.1) is 0 Å². The Morgan fingerprint density at radius 2 is 1.68 bits per heavy atom. The largest absolute Gasteiger partial charge is 0.300 e. The second kappa shape index (κ2) is 7.95. The first-order chi connectivity index (χ1) is 14.7. The van der Waals surface area contributed by atoms with Crippen molar-refractivity contribution < 1.29 is 9.59 Å². The van der Waals surface area contributed by atoms with E-state index in [-0.39, 0.29) is 11.3 Å². The molecule has 1 aromatic carbocycles. The number of carbonyl (C=O) groups is 2. The van der Waals surface area contributed by atoms with Crippen LogP contribution in [0.25, 0.3) is 0 Å². The number of fused-ring (bicyclic) bond motifs is 5. The van der Waals surface area contributed by atoms with Crippen LogP contribution in [0.4, 0.5) is 0 Å². The molecular formula is C28H37IO2. The van der Waals surface area contributed by atoms with Gasteiger partial charge in [0.1, 0.15) is 5.78 Å². The van der Waals surface area contributed by atoms with Crippen LogP contribution >= 0.6 is 22.6 Å². The van der Waals surface area contributed by atoms with E-state index in [0.717, 1.165) is 46.1 Å². The van der Waals surface area contributed by atoms with Crippen molar-refractivity contribution in [1.82, 2.24) is 0 Å². The molecule has 31 heavy (non-hydrogen) atoms. The lowest BCUT2D eigenvalue weighted by molar-refractivity contribution is -0.134. The highest BCUT2D eigenvalue weighted by Gasteiger charge is 2.61. The van der Waals surface area contributed by atoms with Gasteiger partial charge in [-0.3, -0.25) is 9.59 Å². The predicted octanol–water partition coefficient (Wildman–Crippen LogP) is 7.34. The Hall–Kier alpha value is -0.710. The van der Waals surface area contributed by atoms with Gasteiger partial charge >= 0.3 is 0 Å². The van der Waals surface area contributed by atoms with Gasteiger partial charge in [0, 0.05) is 21.0 Å². The van der Waals surface area contributed by atoms with Gasteiger partial charge in [0.25, 0.3) is 0 Å². The average Bonchev–Trinajstić information content (AvgIpc) is 3.10. The van der Waals surface area contributed by atoms with Crippen LogP contribution in [-0.4, -0.2) is 11.6 Å². The number of benzene rings is 1. The van der Waals surface area contributed by atoms with Crippen LogP contribution in [0.15, 0.2) is 24.3 Å². The number of ketones is 2. The summed E-state index contributed by atoms with van der Waals surface area (Å²) >= 11 is 2.31. The van der Waals surface area contributed by atoms with Crippen molar-refractivity contribution >= 4 is 34.2 Å². The highest BCUT2D eigenvalue weighted by Crippen LogP contribution is 2.67. The van der Waals surface area contributed by atoms with Crippen LogP contribution in [0.5, 0.6) is 0 Å². The van der Waals surface area contributed by atoms with E-state index >= 15 is 0 Å². The summed E-state index contributed by atoms with van der Waals surface area (Å²) in [6.07, 6.45) is 10.9. The SMILES string of the molecule is CC(=O)[C@H]1CC[C@H]2[C@@H]3CC[C@H]4C[C@H](C(=O)c5cccc(I)c5)CC[C@]4(C)[C@H]3CC[C@]12C. The minimum atomic E-state index is 0.204. The summed E-state index contributed by atoms with van der Waals surface area (Å²) in [5.41, 5.74) is 1.54. The highest BCUT2D eigenvalue weighted by atomic mass is 127. The molecule has 4 fully saturated rings. The van der Waals surface area contributed by atoms with E-state index in [4.69, 9.17) is 0 Å². The average molecular weight is 533 g/mol. The summed E-state index contributed by atoms with van der Waals surface area (Å²) < 4.78 is 1.15. The fourth-order valence-electron chi connectivity index (χ4n) is 9.04. The van der Waals surface area contributed by atoms with Crippen LogP contribution in [-0.2, 0) is 4.79 Å². The van der Waals surface area contributed by atoms with Gasteiger partial charge in [0.2, 0.25) is 0 Å². The molecule has 0 heterocycles. The monoisotopic (exact) mass is 532 g/mol. The van der Waals surface area contributed by atoms with Crippen molar-refractivity contribution in [3.63, 3.8) is 0 Å². The lowest BCUT2D eigenvalue weighted by Gasteiger charge is -2.61.